The van der Waals surface area contributed by atoms with Gasteiger partial charge in [0.05, 0.1) is 19.2 Å². The third-order valence-corrected chi connectivity index (χ3v) is 9.14. The van der Waals surface area contributed by atoms with Gasteiger partial charge in [-0.3, -0.25) is 0 Å². The van der Waals surface area contributed by atoms with Gasteiger partial charge in [-0.2, -0.15) is 0 Å². The van der Waals surface area contributed by atoms with Crippen molar-refractivity contribution in [1.82, 2.24) is 19.8 Å². The van der Waals surface area contributed by atoms with Gasteiger partial charge in [0.1, 0.15) is 16.5 Å². The van der Waals surface area contributed by atoms with Gasteiger partial charge in [0.15, 0.2) is 11.5 Å². The molecule has 1 aromatic heterocycles. The van der Waals surface area contributed by atoms with Gasteiger partial charge in [-0.15, -0.1) is 0 Å². The van der Waals surface area contributed by atoms with Crippen molar-refractivity contribution < 1.29 is 9.47 Å². The Morgan fingerprint density at radius 2 is 1.72 bits per heavy atom. The molecule has 7 nitrogen and oxygen atoms in total. The summed E-state index contributed by atoms with van der Waals surface area (Å²) in [5, 5.41) is 0.986. The molecule has 2 aliphatic heterocycles. The number of anilines is 1. The molecule has 39 heavy (non-hydrogen) atoms. The highest BCUT2D eigenvalue weighted by Crippen LogP contribution is 2.35. The van der Waals surface area contributed by atoms with E-state index in [1.54, 1.807) is 25.2 Å². The Bertz CT molecular complexity index is 1240. The van der Waals surface area contributed by atoms with Crippen LogP contribution in [0.15, 0.2) is 42.7 Å². The molecule has 0 radical (unpaired) electrons. The Morgan fingerprint density at radius 1 is 0.949 bits per heavy atom. The van der Waals surface area contributed by atoms with Gasteiger partial charge >= 0.3 is 0 Å². The minimum Gasteiger partial charge on any atom is -0.493 e. The molecule has 0 atom stereocenters. The van der Waals surface area contributed by atoms with Crippen LogP contribution in [0.5, 0.6) is 11.5 Å². The molecule has 2 aliphatic rings. The zero-order valence-corrected chi connectivity index (χ0v) is 24.7. The lowest BCUT2D eigenvalue weighted by Gasteiger charge is -2.36. The lowest BCUT2D eigenvalue weighted by molar-refractivity contribution is 0.203. The molecule has 0 N–H and O–H groups in total. The highest BCUT2D eigenvalue weighted by Gasteiger charge is 2.23. The average Bonchev–Trinajstić information content (AvgIpc) is 2.98. The fourth-order valence-electron chi connectivity index (χ4n) is 5.25. The number of fused-ring (bicyclic) bond motifs is 1. The molecule has 3 heterocycles. The number of piperidine rings is 1. The number of thiocarbonyl (C=S) groups is 1. The highest BCUT2D eigenvalue weighted by atomic mass is 32.2. The van der Waals surface area contributed by atoms with Crippen LogP contribution in [0.25, 0.3) is 10.9 Å². The average molecular weight is 566 g/mol. The molecule has 0 spiro atoms. The maximum atomic E-state index is 6.16. The number of aromatic nitrogens is 2. The minimum atomic E-state index is 0.667. The summed E-state index contributed by atoms with van der Waals surface area (Å²) in [7, 11) is 1.69. The Morgan fingerprint density at radius 3 is 2.46 bits per heavy atom. The predicted molar refractivity (Wildman–Crippen MR) is 165 cm³/mol. The van der Waals surface area contributed by atoms with Crippen molar-refractivity contribution in [2.45, 2.75) is 38.4 Å². The number of ether oxygens (including phenoxy) is 2. The zero-order chi connectivity index (χ0) is 27.0. The second-order valence-corrected chi connectivity index (χ2v) is 11.9. The van der Waals surface area contributed by atoms with Crippen molar-refractivity contribution in [1.29, 1.82) is 0 Å². The number of rotatable bonds is 9. The van der Waals surface area contributed by atoms with E-state index in [4.69, 9.17) is 21.7 Å². The number of methoxy groups -OCH3 is 1. The van der Waals surface area contributed by atoms with Gasteiger partial charge in [0.25, 0.3) is 0 Å². The molecule has 2 saturated heterocycles. The maximum absolute atomic E-state index is 6.16. The van der Waals surface area contributed by atoms with E-state index in [0.717, 1.165) is 77.4 Å². The van der Waals surface area contributed by atoms with E-state index >= 15 is 0 Å². The number of benzene rings is 2. The fraction of sp³-hybridized carbons (Fsp3) is 0.500. The zero-order valence-electron chi connectivity index (χ0n) is 23.1. The van der Waals surface area contributed by atoms with Crippen LogP contribution in [-0.2, 0) is 5.75 Å². The molecule has 3 aromatic rings. The fourth-order valence-corrected chi connectivity index (χ4v) is 6.46. The van der Waals surface area contributed by atoms with Crippen LogP contribution in [0.4, 0.5) is 5.82 Å². The van der Waals surface area contributed by atoms with Crippen LogP contribution in [0.2, 0.25) is 0 Å². The summed E-state index contributed by atoms with van der Waals surface area (Å²) in [6, 6.07) is 12.7. The first kappa shape index (κ1) is 27.9. The smallest absolute Gasteiger partial charge is 0.163 e. The lowest BCUT2D eigenvalue weighted by atomic mass is 10.1. The van der Waals surface area contributed by atoms with Gasteiger partial charge < -0.3 is 24.2 Å². The minimum absolute atomic E-state index is 0.667. The largest absolute Gasteiger partial charge is 0.493 e. The first-order chi connectivity index (χ1) is 19.1. The first-order valence-corrected chi connectivity index (χ1v) is 15.4. The van der Waals surface area contributed by atoms with Gasteiger partial charge in [0, 0.05) is 49.9 Å². The predicted octanol–water partition coefficient (Wildman–Crippen LogP) is 5.54. The maximum Gasteiger partial charge on any atom is 0.163 e. The lowest BCUT2D eigenvalue weighted by Crippen LogP contribution is -2.48. The molecule has 0 unspecified atom stereocenters. The van der Waals surface area contributed by atoms with Gasteiger partial charge in [0.2, 0.25) is 0 Å². The van der Waals surface area contributed by atoms with E-state index in [1.165, 1.54) is 43.5 Å². The Balaban J connectivity index is 1.18. The second kappa shape index (κ2) is 13.6. The van der Waals surface area contributed by atoms with Gasteiger partial charge in [-0.05, 0) is 50.9 Å². The monoisotopic (exact) mass is 565 g/mol. The van der Waals surface area contributed by atoms with Crippen molar-refractivity contribution in [2.24, 2.45) is 0 Å². The molecule has 2 aromatic carbocycles. The number of nitrogens with zero attached hydrogens (tertiary/aromatic N) is 5. The summed E-state index contributed by atoms with van der Waals surface area (Å²) in [6.45, 7) is 9.76. The summed E-state index contributed by atoms with van der Waals surface area (Å²) in [4.78, 5) is 16.4. The molecule has 0 amide bonds. The number of hydrogen-bond acceptors (Lipinski definition) is 8. The molecule has 5 rings (SSSR count). The summed E-state index contributed by atoms with van der Waals surface area (Å²) in [6.07, 6.45) is 6.65. The first-order valence-electron chi connectivity index (χ1n) is 14.0. The van der Waals surface area contributed by atoms with Crippen molar-refractivity contribution in [3.63, 3.8) is 0 Å². The van der Waals surface area contributed by atoms with Crippen molar-refractivity contribution in [3.05, 3.63) is 53.9 Å². The molecule has 0 aliphatic carbocycles. The van der Waals surface area contributed by atoms with E-state index in [1.807, 2.05) is 12.1 Å². The Hall–Kier alpha value is -2.62. The number of hydrogen-bond donors (Lipinski definition) is 0. The van der Waals surface area contributed by atoms with E-state index < -0.39 is 0 Å². The number of piperazine rings is 1. The summed E-state index contributed by atoms with van der Waals surface area (Å²) >= 11 is 7.51. The van der Waals surface area contributed by atoms with Crippen LogP contribution in [-0.4, -0.2) is 83.6 Å². The SMILES string of the molecule is COc1cc2c(N3CCN(C(=S)SCc4ccc(C)cc4)CC3)ncnc2cc1OCCCN1CCCCC1. The Kier molecular flexibility index (Phi) is 9.76. The van der Waals surface area contributed by atoms with Crippen molar-refractivity contribution >= 4 is 45.0 Å². The van der Waals surface area contributed by atoms with Crippen LogP contribution >= 0.6 is 24.0 Å². The molecule has 0 saturated carbocycles. The van der Waals surface area contributed by atoms with Crippen LogP contribution < -0.4 is 14.4 Å². The standard InChI is InChI=1S/C30H39N5O2S2/c1-23-7-9-24(10-8-23)21-39-30(38)35-16-14-34(15-17-35)29-25-19-27(36-2)28(20-26(25)31-22-32-29)37-18-6-13-33-11-4-3-5-12-33/h7-10,19-20,22H,3-6,11-18,21H2,1-2H3. The summed E-state index contributed by atoms with van der Waals surface area (Å²) < 4.78 is 12.9. The van der Waals surface area contributed by atoms with Gasteiger partial charge in [-0.25, -0.2) is 9.97 Å². The third kappa shape index (κ3) is 7.32. The second-order valence-electron chi connectivity index (χ2n) is 10.3. The van der Waals surface area contributed by atoms with Gasteiger partial charge in [-0.1, -0.05) is 60.2 Å². The molecule has 0 bridgehead atoms. The van der Waals surface area contributed by atoms with E-state index in [0.29, 0.717) is 6.61 Å². The van der Waals surface area contributed by atoms with Crippen LogP contribution in [0, 0.1) is 6.92 Å². The molecule has 9 heteroatoms. The molecule has 2 fully saturated rings. The Labute approximate surface area is 241 Å². The normalized spacial score (nSPS) is 16.5. The molecule has 208 valence electrons. The molecular formula is C30H39N5O2S2. The van der Waals surface area contributed by atoms with Crippen molar-refractivity contribution in [2.75, 3.05) is 64.4 Å². The number of aryl methyl sites for hydroxylation is 1. The van der Waals surface area contributed by atoms with Crippen LogP contribution in [0.3, 0.4) is 0 Å². The van der Waals surface area contributed by atoms with E-state index in [9.17, 15) is 0 Å². The topological polar surface area (TPSA) is 54.0 Å². The number of likely N-dealkylation sites (tertiary alicyclic amines) is 1. The van der Waals surface area contributed by atoms with Crippen molar-refractivity contribution in [3.8, 4) is 11.5 Å². The third-order valence-electron chi connectivity index (χ3n) is 7.54. The molecular weight excluding hydrogens is 526 g/mol. The number of thioether (sulfide) groups is 1. The summed E-state index contributed by atoms with van der Waals surface area (Å²) in [5.41, 5.74) is 3.46. The van der Waals surface area contributed by atoms with E-state index in [2.05, 4.69) is 55.9 Å². The quantitative estimate of drug-likeness (QED) is 0.246. The highest BCUT2D eigenvalue weighted by molar-refractivity contribution is 8.22. The van der Waals surface area contributed by atoms with Crippen LogP contribution in [0.1, 0.15) is 36.8 Å². The summed E-state index contributed by atoms with van der Waals surface area (Å²) in [5.74, 6) is 3.31. The van der Waals surface area contributed by atoms with E-state index in [-0.39, 0.29) is 0 Å².